The molecule has 0 saturated carbocycles. The van der Waals surface area contributed by atoms with Crippen LogP contribution in [0, 0.1) is 0 Å². The first-order valence-electron chi connectivity index (χ1n) is 8.70. The molecule has 1 heterocycles. The molecular weight excluding hydrogens is 402 g/mol. The van der Waals surface area contributed by atoms with Crippen molar-refractivity contribution in [2.45, 2.75) is 17.9 Å². The van der Waals surface area contributed by atoms with Crippen molar-refractivity contribution in [2.75, 3.05) is 31.5 Å². The Hall–Kier alpha value is -2.29. The van der Waals surface area contributed by atoms with Crippen molar-refractivity contribution in [3.8, 4) is 5.75 Å². The zero-order chi connectivity index (χ0) is 19.4. The number of para-hydroxylation sites is 2. The molecule has 28 heavy (non-hydrogen) atoms. The number of carbonyl (C=O) groups is 1. The van der Waals surface area contributed by atoms with E-state index in [9.17, 15) is 13.2 Å². The molecule has 2 aromatic rings. The largest absolute Gasteiger partial charge is 0.495 e. The van der Waals surface area contributed by atoms with Crippen molar-refractivity contribution in [1.29, 1.82) is 0 Å². The lowest BCUT2D eigenvalue weighted by Gasteiger charge is -2.34. The third kappa shape index (κ3) is 4.76. The van der Waals surface area contributed by atoms with Crippen LogP contribution in [0.2, 0.25) is 0 Å². The zero-order valence-corrected chi connectivity index (χ0v) is 17.3. The highest BCUT2D eigenvalue weighted by Gasteiger charge is 2.24. The monoisotopic (exact) mass is 425 g/mol. The predicted molar refractivity (Wildman–Crippen MR) is 111 cm³/mol. The SMILES string of the molecule is COc1ccccc1NS(=O)(=O)c1ccc(C(=O)N2CCNC[C@H]2C)cc1.Cl. The van der Waals surface area contributed by atoms with Gasteiger partial charge in [0.25, 0.3) is 15.9 Å². The van der Waals surface area contributed by atoms with Crippen molar-refractivity contribution in [2.24, 2.45) is 0 Å². The van der Waals surface area contributed by atoms with Gasteiger partial charge in [-0.15, -0.1) is 12.4 Å². The van der Waals surface area contributed by atoms with Crippen LogP contribution in [0.15, 0.2) is 53.4 Å². The fourth-order valence-electron chi connectivity index (χ4n) is 3.02. The first kappa shape index (κ1) is 22.0. The number of hydrogen-bond acceptors (Lipinski definition) is 5. The molecule has 2 aromatic carbocycles. The number of amides is 1. The number of ether oxygens (including phenoxy) is 1. The van der Waals surface area contributed by atoms with Gasteiger partial charge < -0.3 is 15.0 Å². The quantitative estimate of drug-likeness (QED) is 0.767. The second kappa shape index (κ2) is 9.27. The van der Waals surface area contributed by atoms with E-state index in [-0.39, 0.29) is 29.3 Å². The summed E-state index contributed by atoms with van der Waals surface area (Å²) < 4.78 is 33.0. The third-order valence-electron chi connectivity index (χ3n) is 4.53. The van der Waals surface area contributed by atoms with Gasteiger partial charge in [0.05, 0.1) is 17.7 Å². The topological polar surface area (TPSA) is 87.7 Å². The Kier molecular flexibility index (Phi) is 7.29. The van der Waals surface area contributed by atoms with Crippen LogP contribution in [0.4, 0.5) is 5.69 Å². The Labute approximate surface area is 171 Å². The Balaban J connectivity index is 0.00000280. The van der Waals surface area contributed by atoms with Crippen molar-refractivity contribution in [1.82, 2.24) is 10.2 Å². The number of piperazine rings is 1. The van der Waals surface area contributed by atoms with Crippen LogP contribution in [0.1, 0.15) is 17.3 Å². The van der Waals surface area contributed by atoms with Crippen LogP contribution in [0.3, 0.4) is 0 Å². The lowest BCUT2D eigenvalue weighted by molar-refractivity contribution is 0.0655. The molecule has 2 N–H and O–H groups in total. The third-order valence-corrected chi connectivity index (χ3v) is 5.91. The number of benzene rings is 2. The van der Waals surface area contributed by atoms with E-state index in [1.54, 1.807) is 41.3 Å². The maximum absolute atomic E-state index is 12.7. The summed E-state index contributed by atoms with van der Waals surface area (Å²) in [6.07, 6.45) is 0. The van der Waals surface area contributed by atoms with Gasteiger partial charge >= 0.3 is 0 Å². The van der Waals surface area contributed by atoms with Gasteiger partial charge in [-0.2, -0.15) is 0 Å². The Morgan fingerprint density at radius 3 is 2.50 bits per heavy atom. The Bertz CT molecular complexity index is 919. The van der Waals surface area contributed by atoms with Crippen molar-refractivity contribution in [3.63, 3.8) is 0 Å². The highest BCUT2D eigenvalue weighted by molar-refractivity contribution is 7.92. The molecule has 1 fully saturated rings. The standard InChI is InChI=1S/C19H23N3O4S.ClH/c1-14-13-20-11-12-22(14)19(23)15-7-9-16(10-8-15)27(24,25)21-17-5-3-4-6-18(17)26-2;/h3-10,14,20-21H,11-13H2,1-2H3;1H/t14-;/m1./s1. The van der Waals surface area contributed by atoms with Crippen molar-refractivity contribution < 1.29 is 17.9 Å². The van der Waals surface area contributed by atoms with Crippen LogP contribution in [-0.2, 0) is 10.0 Å². The van der Waals surface area contributed by atoms with E-state index >= 15 is 0 Å². The smallest absolute Gasteiger partial charge is 0.262 e. The Morgan fingerprint density at radius 2 is 1.86 bits per heavy atom. The maximum atomic E-state index is 12.7. The summed E-state index contributed by atoms with van der Waals surface area (Å²) >= 11 is 0. The minimum atomic E-state index is -3.79. The summed E-state index contributed by atoms with van der Waals surface area (Å²) in [4.78, 5) is 14.5. The van der Waals surface area contributed by atoms with Crippen molar-refractivity contribution >= 4 is 34.0 Å². The van der Waals surface area contributed by atoms with Gasteiger partial charge in [-0.25, -0.2) is 8.42 Å². The van der Waals surface area contributed by atoms with Crippen molar-refractivity contribution in [3.05, 3.63) is 54.1 Å². The highest BCUT2D eigenvalue weighted by atomic mass is 35.5. The first-order chi connectivity index (χ1) is 12.9. The Morgan fingerprint density at radius 1 is 1.18 bits per heavy atom. The number of nitrogens with one attached hydrogen (secondary N) is 2. The second-order valence-electron chi connectivity index (χ2n) is 6.38. The molecule has 1 amide bonds. The van der Waals surface area contributed by atoms with Gasteiger partial charge in [0, 0.05) is 31.2 Å². The van der Waals surface area contributed by atoms with E-state index in [0.29, 0.717) is 23.5 Å². The molecule has 3 rings (SSSR count). The number of sulfonamides is 1. The van der Waals surface area contributed by atoms with E-state index in [4.69, 9.17) is 4.74 Å². The van der Waals surface area contributed by atoms with Gasteiger partial charge in [0.2, 0.25) is 0 Å². The fraction of sp³-hybridized carbons (Fsp3) is 0.316. The summed E-state index contributed by atoms with van der Waals surface area (Å²) in [7, 11) is -2.31. The van der Waals surface area contributed by atoms with E-state index < -0.39 is 10.0 Å². The normalized spacial score (nSPS) is 16.8. The van der Waals surface area contributed by atoms with Gasteiger partial charge in [0.1, 0.15) is 5.75 Å². The van der Waals surface area contributed by atoms with Crippen LogP contribution < -0.4 is 14.8 Å². The van der Waals surface area contributed by atoms with Crippen LogP contribution >= 0.6 is 12.4 Å². The molecule has 0 unspecified atom stereocenters. The average Bonchev–Trinajstić information content (AvgIpc) is 2.68. The number of halogens is 1. The number of carbonyl (C=O) groups excluding carboxylic acids is 1. The van der Waals surface area contributed by atoms with E-state index in [1.165, 1.54) is 19.2 Å². The minimum absolute atomic E-state index is 0. The van der Waals surface area contributed by atoms with Crippen LogP contribution in [0.25, 0.3) is 0 Å². The summed E-state index contributed by atoms with van der Waals surface area (Å²) in [5.74, 6) is 0.339. The number of rotatable bonds is 5. The minimum Gasteiger partial charge on any atom is -0.495 e. The van der Waals surface area contributed by atoms with Crippen LogP contribution in [0.5, 0.6) is 5.75 Å². The molecule has 0 radical (unpaired) electrons. The lowest BCUT2D eigenvalue weighted by Crippen LogP contribution is -2.52. The molecule has 1 aliphatic rings. The molecule has 0 bridgehead atoms. The van der Waals surface area contributed by atoms with E-state index in [0.717, 1.165) is 13.1 Å². The molecule has 1 aliphatic heterocycles. The van der Waals surface area contributed by atoms with Gasteiger partial charge in [-0.3, -0.25) is 9.52 Å². The molecule has 9 heteroatoms. The number of nitrogens with zero attached hydrogens (tertiary/aromatic N) is 1. The van der Waals surface area contributed by atoms with Gasteiger partial charge in [0.15, 0.2) is 0 Å². The summed E-state index contributed by atoms with van der Waals surface area (Å²) in [6.45, 7) is 4.13. The summed E-state index contributed by atoms with van der Waals surface area (Å²) in [5, 5.41) is 3.24. The molecule has 0 aromatic heterocycles. The molecule has 0 aliphatic carbocycles. The first-order valence-corrected chi connectivity index (χ1v) is 10.2. The van der Waals surface area contributed by atoms with Gasteiger partial charge in [-0.1, -0.05) is 12.1 Å². The number of anilines is 1. The zero-order valence-electron chi connectivity index (χ0n) is 15.7. The highest BCUT2D eigenvalue weighted by Crippen LogP contribution is 2.26. The van der Waals surface area contributed by atoms with E-state index in [2.05, 4.69) is 10.0 Å². The van der Waals surface area contributed by atoms with E-state index in [1.807, 2.05) is 6.92 Å². The second-order valence-corrected chi connectivity index (χ2v) is 8.06. The molecule has 1 atom stereocenters. The number of methoxy groups -OCH3 is 1. The molecule has 152 valence electrons. The summed E-state index contributed by atoms with van der Waals surface area (Å²) in [6, 6.07) is 12.9. The molecule has 1 saturated heterocycles. The number of hydrogen-bond donors (Lipinski definition) is 2. The predicted octanol–water partition coefficient (Wildman–Crippen LogP) is 2.35. The van der Waals surface area contributed by atoms with Crippen LogP contribution in [-0.4, -0.2) is 52.0 Å². The summed E-state index contributed by atoms with van der Waals surface area (Å²) in [5.41, 5.74) is 0.829. The average molecular weight is 426 g/mol. The fourth-order valence-corrected chi connectivity index (χ4v) is 4.09. The van der Waals surface area contributed by atoms with Gasteiger partial charge in [-0.05, 0) is 43.3 Å². The maximum Gasteiger partial charge on any atom is 0.262 e. The molecule has 7 nitrogen and oxygen atoms in total. The molecular formula is C19H24ClN3O4S. The lowest BCUT2D eigenvalue weighted by atomic mass is 10.1. The molecule has 0 spiro atoms.